The van der Waals surface area contributed by atoms with E-state index in [2.05, 4.69) is 6.92 Å². The number of carbonyl (C=O) groups is 2. The Labute approximate surface area is 101 Å². The number of ether oxygens (including phenoxy) is 1. The molecule has 0 aromatic carbocycles. The molecule has 5 heteroatoms. The number of nitrogens with zero attached hydrogens (tertiary/aromatic N) is 1. The first-order chi connectivity index (χ1) is 8.11. The lowest BCUT2D eigenvalue weighted by molar-refractivity contribution is -0.154. The highest BCUT2D eigenvalue weighted by molar-refractivity contribution is 5.83. The van der Waals surface area contributed by atoms with Crippen LogP contribution in [0.4, 0.5) is 0 Å². The average Bonchev–Trinajstić information content (AvgIpc) is 2.97. The van der Waals surface area contributed by atoms with Crippen molar-refractivity contribution in [2.45, 2.75) is 44.8 Å². The molecular weight excluding hydrogens is 222 g/mol. The fourth-order valence-corrected chi connectivity index (χ4v) is 2.57. The van der Waals surface area contributed by atoms with Crippen molar-refractivity contribution in [2.24, 2.45) is 5.92 Å². The van der Waals surface area contributed by atoms with Crippen LogP contribution >= 0.6 is 0 Å². The van der Waals surface area contributed by atoms with Crippen molar-refractivity contribution in [1.29, 1.82) is 0 Å². The summed E-state index contributed by atoms with van der Waals surface area (Å²) in [6.07, 6.45) is 1.78. The Morgan fingerprint density at radius 3 is 2.53 bits per heavy atom. The van der Waals surface area contributed by atoms with Gasteiger partial charge in [-0.15, -0.1) is 0 Å². The smallest absolute Gasteiger partial charge is 0.332 e. The molecule has 2 aliphatic heterocycles. The van der Waals surface area contributed by atoms with Crippen molar-refractivity contribution >= 4 is 11.9 Å². The van der Waals surface area contributed by atoms with Gasteiger partial charge in [-0.2, -0.15) is 0 Å². The third-order valence-electron chi connectivity index (χ3n) is 3.75. The van der Waals surface area contributed by atoms with Gasteiger partial charge in [0.1, 0.15) is 6.10 Å². The summed E-state index contributed by atoms with van der Waals surface area (Å²) >= 11 is 0. The SMILES string of the molecule is CCC1CCN(C(=O)C2CCC(C(=O)O)O2)C1. The summed E-state index contributed by atoms with van der Waals surface area (Å²) in [5.41, 5.74) is 0. The highest BCUT2D eigenvalue weighted by Crippen LogP contribution is 2.25. The Kier molecular flexibility index (Phi) is 3.66. The summed E-state index contributed by atoms with van der Waals surface area (Å²) < 4.78 is 5.28. The van der Waals surface area contributed by atoms with E-state index in [1.807, 2.05) is 4.90 Å². The first kappa shape index (κ1) is 12.4. The van der Waals surface area contributed by atoms with Crippen molar-refractivity contribution in [3.63, 3.8) is 0 Å². The topological polar surface area (TPSA) is 66.8 Å². The molecule has 1 N–H and O–H groups in total. The number of carbonyl (C=O) groups excluding carboxylic acids is 1. The van der Waals surface area contributed by atoms with Crippen LogP contribution in [0.25, 0.3) is 0 Å². The lowest BCUT2D eigenvalue weighted by Gasteiger charge is -2.20. The third-order valence-corrected chi connectivity index (χ3v) is 3.75. The molecule has 2 rings (SSSR count). The van der Waals surface area contributed by atoms with E-state index >= 15 is 0 Å². The minimum atomic E-state index is -0.965. The van der Waals surface area contributed by atoms with Gasteiger partial charge in [0.2, 0.25) is 0 Å². The maximum Gasteiger partial charge on any atom is 0.332 e. The van der Waals surface area contributed by atoms with Gasteiger partial charge in [-0.25, -0.2) is 4.79 Å². The number of likely N-dealkylation sites (tertiary alicyclic amines) is 1. The first-order valence-electron chi connectivity index (χ1n) is 6.29. The maximum absolute atomic E-state index is 12.1. The number of carboxylic acids is 1. The molecular formula is C12H19NO4. The van der Waals surface area contributed by atoms with E-state index in [9.17, 15) is 9.59 Å². The van der Waals surface area contributed by atoms with Gasteiger partial charge in [-0.1, -0.05) is 13.3 Å². The molecule has 2 saturated heterocycles. The second kappa shape index (κ2) is 5.04. The number of hydrogen-bond donors (Lipinski definition) is 1. The average molecular weight is 241 g/mol. The summed E-state index contributed by atoms with van der Waals surface area (Å²) in [7, 11) is 0. The van der Waals surface area contributed by atoms with Crippen LogP contribution in [-0.2, 0) is 14.3 Å². The molecule has 0 aromatic rings. The molecule has 0 aromatic heterocycles. The fourth-order valence-electron chi connectivity index (χ4n) is 2.57. The van der Waals surface area contributed by atoms with Crippen LogP contribution in [0.5, 0.6) is 0 Å². The molecule has 1 amide bonds. The Hall–Kier alpha value is -1.10. The number of carboxylic acid groups (broad SMARTS) is 1. The zero-order chi connectivity index (χ0) is 12.4. The highest BCUT2D eigenvalue weighted by atomic mass is 16.5. The maximum atomic E-state index is 12.1. The molecule has 0 spiro atoms. The van der Waals surface area contributed by atoms with Gasteiger partial charge in [0.25, 0.3) is 5.91 Å². The molecule has 2 aliphatic rings. The van der Waals surface area contributed by atoms with E-state index in [4.69, 9.17) is 9.84 Å². The van der Waals surface area contributed by atoms with E-state index in [0.29, 0.717) is 18.8 Å². The standard InChI is InChI=1S/C12H19NO4/c1-2-8-5-6-13(7-8)11(14)9-3-4-10(17-9)12(15)16/h8-10H,2-7H2,1H3,(H,15,16). The molecule has 2 fully saturated rings. The number of rotatable bonds is 3. The predicted octanol–water partition coefficient (Wildman–Crippen LogP) is 0.877. The van der Waals surface area contributed by atoms with E-state index in [-0.39, 0.29) is 5.91 Å². The monoisotopic (exact) mass is 241 g/mol. The Balaban J connectivity index is 1.87. The van der Waals surface area contributed by atoms with Crippen LogP contribution in [0.3, 0.4) is 0 Å². The Bertz CT molecular complexity index is 318. The zero-order valence-corrected chi connectivity index (χ0v) is 10.1. The number of hydrogen-bond acceptors (Lipinski definition) is 3. The van der Waals surface area contributed by atoms with E-state index in [1.54, 1.807) is 0 Å². The molecule has 0 aliphatic carbocycles. The van der Waals surface area contributed by atoms with Gasteiger partial charge in [-0.3, -0.25) is 4.79 Å². The molecule has 0 radical (unpaired) electrons. The van der Waals surface area contributed by atoms with Crippen LogP contribution < -0.4 is 0 Å². The van der Waals surface area contributed by atoms with Crippen molar-refractivity contribution in [3.05, 3.63) is 0 Å². The normalized spacial score (nSPS) is 33.0. The van der Waals surface area contributed by atoms with Crippen molar-refractivity contribution in [1.82, 2.24) is 4.90 Å². The molecule has 0 saturated carbocycles. The van der Waals surface area contributed by atoms with Gasteiger partial charge < -0.3 is 14.7 Å². The van der Waals surface area contributed by atoms with Crippen molar-refractivity contribution in [3.8, 4) is 0 Å². The lowest BCUT2D eigenvalue weighted by Crippen LogP contribution is -2.38. The zero-order valence-electron chi connectivity index (χ0n) is 10.1. The summed E-state index contributed by atoms with van der Waals surface area (Å²) in [4.78, 5) is 24.6. The Morgan fingerprint density at radius 2 is 2.00 bits per heavy atom. The summed E-state index contributed by atoms with van der Waals surface area (Å²) in [6.45, 7) is 3.72. The first-order valence-corrected chi connectivity index (χ1v) is 6.29. The molecule has 2 heterocycles. The third kappa shape index (κ3) is 2.60. The predicted molar refractivity (Wildman–Crippen MR) is 60.5 cm³/mol. The summed E-state index contributed by atoms with van der Waals surface area (Å²) in [5, 5.41) is 8.81. The van der Waals surface area contributed by atoms with Gasteiger partial charge in [0.15, 0.2) is 6.10 Å². The molecule has 17 heavy (non-hydrogen) atoms. The number of aliphatic carboxylic acids is 1. The van der Waals surface area contributed by atoms with Gasteiger partial charge in [-0.05, 0) is 25.2 Å². The summed E-state index contributed by atoms with van der Waals surface area (Å²) in [5.74, 6) is -0.395. The van der Waals surface area contributed by atoms with Crippen LogP contribution in [0.15, 0.2) is 0 Å². The largest absolute Gasteiger partial charge is 0.479 e. The molecule has 3 unspecified atom stereocenters. The Morgan fingerprint density at radius 1 is 1.29 bits per heavy atom. The minimum absolute atomic E-state index is 0.0234. The van der Waals surface area contributed by atoms with Gasteiger partial charge >= 0.3 is 5.97 Å². The van der Waals surface area contributed by atoms with Crippen LogP contribution in [0.1, 0.15) is 32.6 Å². The second-order valence-corrected chi connectivity index (χ2v) is 4.88. The van der Waals surface area contributed by atoms with Gasteiger partial charge in [0.05, 0.1) is 0 Å². The fraction of sp³-hybridized carbons (Fsp3) is 0.833. The van der Waals surface area contributed by atoms with E-state index < -0.39 is 18.2 Å². The van der Waals surface area contributed by atoms with Crippen LogP contribution in [0.2, 0.25) is 0 Å². The lowest BCUT2D eigenvalue weighted by atomic mass is 10.1. The van der Waals surface area contributed by atoms with Crippen LogP contribution in [-0.4, -0.2) is 47.2 Å². The van der Waals surface area contributed by atoms with Crippen molar-refractivity contribution < 1.29 is 19.4 Å². The van der Waals surface area contributed by atoms with Crippen LogP contribution in [0, 0.1) is 5.92 Å². The molecule has 3 atom stereocenters. The second-order valence-electron chi connectivity index (χ2n) is 4.88. The van der Waals surface area contributed by atoms with E-state index in [0.717, 1.165) is 25.9 Å². The minimum Gasteiger partial charge on any atom is -0.479 e. The molecule has 96 valence electrons. The highest BCUT2D eigenvalue weighted by Gasteiger charge is 2.38. The molecule has 0 bridgehead atoms. The van der Waals surface area contributed by atoms with Gasteiger partial charge in [0, 0.05) is 13.1 Å². The van der Waals surface area contributed by atoms with Crippen molar-refractivity contribution in [2.75, 3.05) is 13.1 Å². The molecule has 5 nitrogen and oxygen atoms in total. The summed E-state index contributed by atoms with van der Waals surface area (Å²) in [6, 6.07) is 0. The quantitative estimate of drug-likeness (QED) is 0.796. The van der Waals surface area contributed by atoms with E-state index in [1.165, 1.54) is 0 Å². The number of amides is 1.